The van der Waals surface area contributed by atoms with E-state index in [0.717, 1.165) is 0 Å². The fraction of sp³-hybridized carbons (Fsp3) is 1.00. The molecule has 19 heavy (non-hydrogen) atoms. The minimum absolute atomic E-state index is 0. The van der Waals surface area contributed by atoms with Crippen molar-refractivity contribution < 1.29 is 32.7 Å². The zero-order valence-corrected chi connectivity index (χ0v) is 16.9. The molecule has 0 heterocycles. The van der Waals surface area contributed by atoms with Crippen LogP contribution in [0.5, 0.6) is 0 Å². The molecular weight excluding hydrogens is 491 g/mol. The molecule has 3 nitrogen and oxygen atoms in total. The van der Waals surface area contributed by atoms with Gasteiger partial charge in [-0.25, -0.2) is 0 Å². The number of alkyl halides is 9. The molecule has 0 bridgehead atoms. The molecule has 0 aromatic heterocycles. The van der Waals surface area contributed by atoms with Gasteiger partial charge in [0.25, 0.3) is 0 Å². The maximum Gasteiger partial charge on any atom is 0.213 e. The Morgan fingerprint density at radius 1 is 0.474 bits per heavy atom. The van der Waals surface area contributed by atoms with E-state index in [2.05, 4.69) is 0 Å². The predicted octanol–water partition coefficient (Wildman–Crippen LogP) is 4.04. The van der Waals surface area contributed by atoms with Crippen LogP contribution in [-0.4, -0.2) is 46.5 Å². The van der Waals surface area contributed by atoms with Crippen molar-refractivity contribution in [2.24, 2.45) is 0 Å². The molecule has 120 valence electrons. The van der Waals surface area contributed by atoms with Crippen LogP contribution in [0.15, 0.2) is 0 Å². The topological polar surface area (TPSA) is 60.7 Å². The molecule has 0 atom stereocenters. The van der Waals surface area contributed by atoms with Crippen LogP contribution in [-0.2, 0) is 17.4 Å². The number of aliphatic hydroxyl groups is 3. The van der Waals surface area contributed by atoms with E-state index in [1.165, 1.54) is 0 Å². The smallest absolute Gasteiger partial charge is 0.213 e. The fourth-order valence-electron chi connectivity index (χ4n) is 0. The Balaban J connectivity index is -0.0000000865. The summed E-state index contributed by atoms with van der Waals surface area (Å²) < 4.78 is -4.46. The van der Waals surface area contributed by atoms with Crippen molar-refractivity contribution in [2.45, 2.75) is 11.4 Å². The van der Waals surface area contributed by atoms with Crippen molar-refractivity contribution in [1.82, 2.24) is 0 Å². The number of aliphatic hydroxyl groups excluding tert-OH is 3. The second-order valence-electron chi connectivity index (χ2n) is 2.32. The van der Waals surface area contributed by atoms with Gasteiger partial charge in [0.15, 0.2) is 0 Å². The van der Waals surface area contributed by atoms with Crippen molar-refractivity contribution in [3.05, 3.63) is 0 Å². The molecule has 0 rings (SSSR count). The van der Waals surface area contributed by atoms with Crippen LogP contribution >= 0.6 is 104 Å². The van der Waals surface area contributed by atoms with Gasteiger partial charge >= 0.3 is 0 Å². The van der Waals surface area contributed by atoms with Gasteiger partial charge in [-0.1, -0.05) is 104 Å². The minimum atomic E-state index is -1.49. The van der Waals surface area contributed by atoms with Crippen molar-refractivity contribution in [1.29, 1.82) is 0 Å². The largest absolute Gasteiger partial charge is 0.392 e. The average Bonchev–Trinajstić information content (AvgIpc) is 2.16. The van der Waals surface area contributed by atoms with E-state index >= 15 is 0 Å². The van der Waals surface area contributed by atoms with E-state index < -0.39 is 31.2 Å². The molecule has 0 fully saturated rings. The van der Waals surface area contributed by atoms with Crippen LogP contribution < -0.4 is 0 Å². The van der Waals surface area contributed by atoms with Crippen LogP contribution in [0, 0.1) is 0 Å². The van der Waals surface area contributed by atoms with Crippen LogP contribution in [0.2, 0.25) is 0 Å². The standard InChI is InChI=1S/3C2H3Cl3O.Cr/c3*3-2(4,5)1-6;/h3*6H,1H2;. The van der Waals surface area contributed by atoms with E-state index in [1.807, 2.05) is 0 Å². The Hall–Kier alpha value is 3.02. The maximum absolute atomic E-state index is 8.01. The van der Waals surface area contributed by atoms with Gasteiger partial charge in [0, 0.05) is 17.4 Å². The minimum Gasteiger partial charge on any atom is -0.392 e. The molecule has 0 radical (unpaired) electrons. The van der Waals surface area contributed by atoms with Crippen LogP contribution in [0.3, 0.4) is 0 Å². The number of hydrogen-bond acceptors (Lipinski definition) is 3. The first-order valence-electron chi connectivity index (χ1n) is 3.71. The Kier molecular flexibility index (Phi) is 23.0. The maximum atomic E-state index is 8.01. The van der Waals surface area contributed by atoms with Crippen molar-refractivity contribution in [2.75, 3.05) is 19.8 Å². The molecule has 0 unspecified atom stereocenters. The van der Waals surface area contributed by atoms with E-state index in [1.54, 1.807) is 0 Å². The molecule has 0 amide bonds. The summed E-state index contributed by atoms with van der Waals surface area (Å²) >= 11 is 45.0. The molecule has 0 aromatic carbocycles. The van der Waals surface area contributed by atoms with Gasteiger partial charge in [0.1, 0.15) is 0 Å². The Bertz CT molecular complexity index is 155. The zero-order chi connectivity index (χ0) is 15.6. The Morgan fingerprint density at radius 3 is 0.526 bits per heavy atom. The molecule has 3 N–H and O–H groups in total. The van der Waals surface area contributed by atoms with Gasteiger partial charge in [-0.15, -0.1) is 0 Å². The van der Waals surface area contributed by atoms with Gasteiger partial charge in [-0.05, 0) is 0 Å². The van der Waals surface area contributed by atoms with Crippen molar-refractivity contribution in [3.8, 4) is 0 Å². The third kappa shape index (κ3) is 52.6. The van der Waals surface area contributed by atoms with Gasteiger partial charge < -0.3 is 15.3 Å². The van der Waals surface area contributed by atoms with Gasteiger partial charge in [0.2, 0.25) is 11.4 Å². The number of hydrogen-bond donors (Lipinski definition) is 3. The van der Waals surface area contributed by atoms with Gasteiger partial charge in [-0.3, -0.25) is 0 Å². The Labute approximate surface area is 167 Å². The first-order chi connectivity index (χ1) is 7.68. The summed E-state index contributed by atoms with van der Waals surface area (Å²) in [7, 11) is 0. The van der Waals surface area contributed by atoms with Crippen molar-refractivity contribution >= 4 is 104 Å². The summed E-state index contributed by atoms with van der Waals surface area (Å²) in [6.45, 7) is -1.30. The molecular formula is C6H9Cl9CrO3. The zero-order valence-electron chi connectivity index (χ0n) is 8.77. The SMILES string of the molecule is OCC(Cl)(Cl)Cl.OCC(Cl)(Cl)Cl.OCC(Cl)(Cl)Cl.[Cr]. The second-order valence-corrected chi connectivity index (χ2v) is 9.87. The van der Waals surface area contributed by atoms with Crippen LogP contribution in [0.4, 0.5) is 0 Å². The molecule has 0 aromatic rings. The first-order valence-corrected chi connectivity index (χ1v) is 7.11. The van der Waals surface area contributed by atoms with Gasteiger partial charge in [0.05, 0.1) is 19.8 Å². The third-order valence-electron chi connectivity index (χ3n) is 0.538. The molecule has 13 heteroatoms. The Morgan fingerprint density at radius 2 is 0.526 bits per heavy atom. The second kappa shape index (κ2) is 14.6. The predicted molar refractivity (Wildman–Crippen MR) is 82.1 cm³/mol. The number of rotatable bonds is 0. The van der Waals surface area contributed by atoms with E-state index in [-0.39, 0.29) is 17.4 Å². The summed E-state index contributed by atoms with van der Waals surface area (Å²) in [6, 6.07) is 0. The summed E-state index contributed by atoms with van der Waals surface area (Å²) in [4.78, 5) is 0. The molecule has 0 saturated carbocycles. The summed E-state index contributed by atoms with van der Waals surface area (Å²) in [5, 5.41) is 24.0. The molecule has 0 aliphatic rings. The average molecular weight is 500 g/mol. The summed E-state index contributed by atoms with van der Waals surface area (Å²) in [5.74, 6) is 0. The summed E-state index contributed by atoms with van der Waals surface area (Å²) in [6.07, 6.45) is 0. The number of halogens is 9. The van der Waals surface area contributed by atoms with E-state index in [4.69, 9.17) is 120 Å². The monoisotopic (exact) mass is 496 g/mol. The van der Waals surface area contributed by atoms with Gasteiger partial charge in [-0.2, -0.15) is 0 Å². The molecule has 0 aliphatic carbocycles. The van der Waals surface area contributed by atoms with Crippen LogP contribution in [0.25, 0.3) is 0 Å². The van der Waals surface area contributed by atoms with E-state index in [0.29, 0.717) is 0 Å². The van der Waals surface area contributed by atoms with E-state index in [9.17, 15) is 0 Å². The quantitative estimate of drug-likeness (QED) is 0.441. The fourth-order valence-corrected chi connectivity index (χ4v) is 0. The third-order valence-corrected chi connectivity index (χ3v) is 1.61. The molecule has 0 aliphatic heterocycles. The normalized spacial score (nSPS) is 11.4. The first kappa shape index (κ1) is 30.0. The van der Waals surface area contributed by atoms with Crippen LogP contribution in [0.1, 0.15) is 0 Å². The molecule has 0 saturated heterocycles. The summed E-state index contributed by atoms with van der Waals surface area (Å²) in [5.41, 5.74) is 0. The van der Waals surface area contributed by atoms with Crippen molar-refractivity contribution in [3.63, 3.8) is 0 Å². The molecule has 0 spiro atoms.